The highest BCUT2D eigenvalue weighted by atomic mass is 19.1. The minimum absolute atomic E-state index is 0.132. The standard InChI is InChI=1S/C17H17FN2O2/c1-12(13-5-3-2-4-6-13)20-16(21)11-19-17(22)14-7-9-15(18)10-8-14/h2-10,12H,11H2,1H3,(H,19,22)(H,20,21). The first kappa shape index (κ1) is 15.7. The highest BCUT2D eigenvalue weighted by molar-refractivity contribution is 5.96. The second-order valence-electron chi connectivity index (χ2n) is 4.89. The average Bonchev–Trinajstić information content (AvgIpc) is 2.54. The van der Waals surface area contributed by atoms with Gasteiger partial charge in [0.25, 0.3) is 5.91 Å². The zero-order valence-electron chi connectivity index (χ0n) is 12.2. The molecule has 0 aliphatic heterocycles. The van der Waals surface area contributed by atoms with Crippen LogP contribution >= 0.6 is 0 Å². The van der Waals surface area contributed by atoms with E-state index in [1.54, 1.807) is 0 Å². The molecule has 2 aromatic carbocycles. The fourth-order valence-electron chi connectivity index (χ4n) is 1.98. The molecule has 0 aromatic heterocycles. The van der Waals surface area contributed by atoms with E-state index in [9.17, 15) is 14.0 Å². The molecule has 1 atom stereocenters. The number of benzene rings is 2. The molecule has 2 N–H and O–H groups in total. The van der Waals surface area contributed by atoms with Gasteiger partial charge in [-0.2, -0.15) is 0 Å². The molecular weight excluding hydrogens is 283 g/mol. The lowest BCUT2D eigenvalue weighted by Crippen LogP contribution is -2.38. The van der Waals surface area contributed by atoms with Crippen molar-refractivity contribution in [1.82, 2.24) is 10.6 Å². The number of hydrogen-bond donors (Lipinski definition) is 2. The fourth-order valence-corrected chi connectivity index (χ4v) is 1.98. The summed E-state index contributed by atoms with van der Waals surface area (Å²) in [6, 6.07) is 14.5. The summed E-state index contributed by atoms with van der Waals surface area (Å²) in [5, 5.41) is 5.30. The van der Waals surface area contributed by atoms with Gasteiger partial charge < -0.3 is 10.6 Å². The Morgan fingerprint density at radius 2 is 1.68 bits per heavy atom. The zero-order valence-corrected chi connectivity index (χ0v) is 12.2. The Hall–Kier alpha value is -2.69. The number of nitrogens with one attached hydrogen (secondary N) is 2. The molecule has 114 valence electrons. The Labute approximate surface area is 128 Å². The van der Waals surface area contributed by atoms with Crippen molar-refractivity contribution in [2.24, 2.45) is 0 Å². The molecule has 2 amide bonds. The van der Waals surface area contributed by atoms with Gasteiger partial charge in [-0.25, -0.2) is 4.39 Å². The molecule has 0 saturated heterocycles. The van der Waals surface area contributed by atoms with E-state index >= 15 is 0 Å². The van der Waals surface area contributed by atoms with Gasteiger partial charge in [-0.1, -0.05) is 30.3 Å². The van der Waals surface area contributed by atoms with Crippen LogP contribution in [0.5, 0.6) is 0 Å². The first-order chi connectivity index (χ1) is 10.6. The highest BCUT2D eigenvalue weighted by Gasteiger charge is 2.11. The lowest BCUT2D eigenvalue weighted by molar-refractivity contribution is -0.120. The van der Waals surface area contributed by atoms with Crippen LogP contribution in [0.25, 0.3) is 0 Å². The molecule has 1 unspecified atom stereocenters. The van der Waals surface area contributed by atoms with Crippen molar-refractivity contribution in [3.8, 4) is 0 Å². The first-order valence-electron chi connectivity index (χ1n) is 6.94. The van der Waals surface area contributed by atoms with E-state index in [0.717, 1.165) is 5.56 Å². The number of halogens is 1. The number of carbonyl (C=O) groups excluding carboxylic acids is 2. The van der Waals surface area contributed by atoms with E-state index in [1.807, 2.05) is 37.3 Å². The third kappa shape index (κ3) is 4.41. The van der Waals surface area contributed by atoms with Gasteiger partial charge in [0.1, 0.15) is 5.82 Å². The Balaban J connectivity index is 1.82. The summed E-state index contributed by atoms with van der Waals surface area (Å²) < 4.78 is 12.8. The smallest absolute Gasteiger partial charge is 0.251 e. The summed E-state index contributed by atoms with van der Waals surface area (Å²) in [6.07, 6.45) is 0. The molecule has 2 rings (SSSR count). The summed E-state index contributed by atoms with van der Waals surface area (Å²) >= 11 is 0. The van der Waals surface area contributed by atoms with Crippen LogP contribution in [0.15, 0.2) is 54.6 Å². The van der Waals surface area contributed by atoms with Crippen LogP contribution in [0, 0.1) is 5.82 Å². The van der Waals surface area contributed by atoms with Gasteiger partial charge in [-0.05, 0) is 36.8 Å². The van der Waals surface area contributed by atoms with Crippen LogP contribution < -0.4 is 10.6 Å². The maximum Gasteiger partial charge on any atom is 0.251 e. The van der Waals surface area contributed by atoms with Gasteiger partial charge in [0.05, 0.1) is 12.6 Å². The van der Waals surface area contributed by atoms with Crippen LogP contribution in [0.3, 0.4) is 0 Å². The van der Waals surface area contributed by atoms with Crippen molar-refractivity contribution in [3.63, 3.8) is 0 Å². The maximum absolute atomic E-state index is 12.8. The van der Waals surface area contributed by atoms with Crippen molar-refractivity contribution >= 4 is 11.8 Å². The summed E-state index contributed by atoms with van der Waals surface area (Å²) in [5.74, 6) is -1.11. The van der Waals surface area contributed by atoms with E-state index in [0.29, 0.717) is 5.56 Å². The minimum atomic E-state index is -0.414. The molecule has 5 heteroatoms. The summed E-state index contributed by atoms with van der Waals surface area (Å²) in [7, 11) is 0. The molecule has 4 nitrogen and oxygen atoms in total. The average molecular weight is 300 g/mol. The predicted molar refractivity (Wildman–Crippen MR) is 81.7 cm³/mol. The molecular formula is C17H17FN2O2. The van der Waals surface area contributed by atoms with Crippen molar-refractivity contribution in [2.75, 3.05) is 6.54 Å². The van der Waals surface area contributed by atoms with Crippen molar-refractivity contribution in [1.29, 1.82) is 0 Å². The van der Waals surface area contributed by atoms with Gasteiger partial charge in [0.15, 0.2) is 0 Å². The van der Waals surface area contributed by atoms with E-state index < -0.39 is 11.7 Å². The number of rotatable bonds is 5. The quantitative estimate of drug-likeness (QED) is 0.891. The molecule has 0 radical (unpaired) electrons. The minimum Gasteiger partial charge on any atom is -0.348 e. The molecule has 0 heterocycles. The third-order valence-corrected chi connectivity index (χ3v) is 3.19. The van der Waals surface area contributed by atoms with E-state index in [-0.39, 0.29) is 18.5 Å². The van der Waals surface area contributed by atoms with Gasteiger partial charge in [-0.3, -0.25) is 9.59 Å². The molecule has 0 aliphatic rings. The Morgan fingerprint density at radius 1 is 1.05 bits per heavy atom. The van der Waals surface area contributed by atoms with Gasteiger partial charge in [0.2, 0.25) is 5.91 Å². The summed E-state index contributed by atoms with van der Waals surface area (Å²) in [4.78, 5) is 23.6. The zero-order chi connectivity index (χ0) is 15.9. The van der Waals surface area contributed by atoms with Crippen molar-refractivity contribution in [2.45, 2.75) is 13.0 Å². The molecule has 0 spiro atoms. The highest BCUT2D eigenvalue weighted by Crippen LogP contribution is 2.10. The van der Waals surface area contributed by atoms with Gasteiger partial charge in [-0.15, -0.1) is 0 Å². The van der Waals surface area contributed by atoms with Crippen molar-refractivity contribution < 1.29 is 14.0 Å². The number of amides is 2. The molecule has 0 aliphatic carbocycles. The molecule has 2 aromatic rings. The van der Waals surface area contributed by atoms with Crippen LogP contribution in [-0.4, -0.2) is 18.4 Å². The monoisotopic (exact) mass is 300 g/mol. The van der Waals surface area contributed by atoms with Crippen LogP contribution in [0.4, 0.5) is 4.39 Å². The van der Waals surface area contributed by atoms with Crippen LogP contribution in [0.1, 0.15) is 28.9 Å². The number of hydrogen-bond acceptors (Lipinski definition) is 2. The van der Waals surface area contributed by atoms with Crippen LogP contribution in [0.2, 0.25) is 0 Å². The fraction of sp³-hybridized carbons (Fsp3) is 0.176. The van der Waals surface area contributed by atoms with E-state index in [1.165, 1.54) is 24.3 Å². The first-order valence-corrected chi connectivity index (χ1v) is 6.94. The topological polar surface area (TPSA) is 58.2 Å². The second kappa shape index (κ2) is 7.36. The maximum atomic E-state index is 12.8. The Morgan fingerprint density at radius 3 is 2.32 bits per heavy atom. The molecule has 22 heavy (non-hydrogen) atoms. The van der Waals surface area contributed by atoms with Gasteiger partial charge >= 0.3 is 0 Å². The van der Waals surface area contributed by atoms with Gasteiger partial charge in [0, 0.05) is 5.56 Å². The SMILES string of the molecule is CC(NC(=O)CNC(=O)c1ccc(F)cc1)c1ccccc1. The van der Waals surface area contributed by atoms with Crippen LogP contribution in [-0.2, 0) is 4.79 Å². The normalized spacial score (nSPS) is 11.5. The lowest BCUT2D eigenvalue weighted by Gasteiger charge is -2.14. The second-order valence-corrected chi connectivity index (χ2v) is 4.89. The Kier molecular flexibility index (Phi) is 5.25. The Bertz CT molecular complexity index is 641. The largest absolute Gasteiger partial charge is 0.348 e. The molecule has 0 saturated carbocycles. The van der Waals surface area contributed by atoms with E-state index in [2.05, 4.69) is 10.6 Å². The van der Waals surface area contributed by atoms with E-state index in [4.69, 9.17) is 0 Å². The molecule has 0 fully saturated rings. The lowest BCUT2D eigenvalue weighted by atomic mass is 10.1. The summed E-state index contributed by atoms with van der Waals surface area (Å²) in [5.41, 5.74) is 1.30. The predicted octanol–water partition coefficient (Wildman–Crippen LogP) is 2.43. The third-order valence-electron chi connectivity index (χ3n) is 3.19. The van der Waals surface area contributed by atoms with Crippen molar-refractivity contribution in [3.05, 3.63) is 71.5 Å². The molecule has 0 bridgehead atoms. The number of carbonyl (C=O) groups is 2. The summed E-state index contributed by atoms with van der Waals surface area (Å²) in [6.45, 7) is 1.74.